The highest BCUT2D eigenvalue weighted by Gasteiger charge is 2.24. The highest BCUT2D eigenvalue weighted by atomic mass is 16.6. The number of rotatable bonds is 3. The van der Waals surface area contributed by atoms with Gasteiger partial charge in [-0.3, -0.25) is 10.1 Å². The molecule has 0 spiro atoms. The average Bonchev–Trinajstić information content (AvgIpc) is 2.63. The van der Waals surface area contributed by atoms with Gasteiger partial charge in [-0.2, -0.15) is 0 Å². The van der Waals surface area contributed by atoms with E-state index in [2.05, 4.69) is 17.2 Å². The van der Waals surface area contributed by atoms with Gasteiger partial charge in [-0.25, -0.2) is 4.98 Å². The van der Waals surface area contributed by atoms with Crippen LogP contribution in [0.3, 0.4) is 0 Å². The minimum Gasteiger partial charge on any atom is -0.384 e. The number of aromatic nitrogens is 1. The Balaban J connectivity index is 2.19. The summed E-state index contributed by atoms with van der Waals surface area (Å²) in [6, 6.07) is 3.10. The lowest BCUT2D eigenvalue weighted by atomic mass is 10.1. The molecule has 92 valence electrons. The van der Waals surface area contributed by atoms with Gasteiger partial charge in [0.2, 0.25) is 5.82 Å². The molecule has 1 fully saturated rings. The first-order chi connectivity index (χ1) is 8.06. The zero-order valence-electron chi connectivity index (χ0n) is 9.72. The molecular formula is C11H16N4O2. The summed E-state index contributed by atoms with van der Waals surface area (Å²) in [6.07, 6.45) is 3.19. The maximum atomic E-state index is 10.9. The molecule has 0 bridgehead atoms. The maximum Gasteiger partial charge on any atom is 0.311 e. The van der Waals surface area contributed by atoms with Crippen LogP contribution in [0, 0.1) is 16.0 Å². The first kappa shape index (κ1) is 11.6. The van der Waals surface area contributed by atoms with Crippen LogP contribution >= 0.6 is 0 Å². The molecule has 2 unspecified atom stereocenters. The number of nitrogens with zero attached hydrogens (tertiary/aromatic N) is 2. The molecule has 3 N–H and O–H groups in total. The zero-order chi connectivity index (χ0) is 12.4. The molecule has 2 rings (SSSR count). The number of hydrogen-bond donors (Lipinski definition) is 2. The van der Waals surface area contributed by atoms with E-state index in [1.54, 1.807) is 0 Å². The van der Waals surface area contributed by atoms with Crippen LogP contribution < -0.4 is 11.1 Å². The standard InChI is InChI=1S/C11H16N4O2/c1-7-2-3-8(6-7)13-11-9(15(16)17)4-5-10(12)14-11/h4-5,7-8H,2-3,6H2,1H3,(H3,12,13,14). The van der Waals surface area contributed by atoms with Crippen LogP contribution in [0.5, 0.6) is 0 Å². The van der Waals surface area contributed by atoms with Crippen molar-refractivity contribution in [2.45, 2.75) is 32.2 Å². The Morgan fingerprint density at radius 2 is 2.29 bits per heavy atom. The number of pyridine rings is 1. The third-order valence-corrected chi connectivity index (χ3v) is 3.13. The van der Waals surface area contributed by atoms with Gasteiger partial charge in [0.1, 0.15) is 5.82 Å². The minimum absolute atomic E-state index is 0.0150. The maximum absolute atomic E-state index is 10.9. The first-order valence-corrected chi connectivity index (χ1v) is 5.73. The minimum atomic E-state index is -0.437. The van der Waals surface area contributed by atoms with E-state index in [1.807, 2.05) is 0 Å². The Kier molecular flexibility index (Phi) is 3.12. The Bertz CT molecular complexity index is 435. The smallest absolute Gasteiger partial charge is 0.311 e. The van der Waals surface area contributed by atoms with Gasteiger partial charge in [0.15, 0.2) is 0 Å². The second-order valence-corrected chi connectivity index (χ2v) is 4.62. The van der Waals surface area contributed by atoms with Crippen molar-refractivity contribution in [1.29, 1.82) is 0 Å². The quantitative estimate of drug-likeness (QED) is 0.619. The normalized spacial score (nSPS) is 23.6. The van der Waals surface area contributed by atoms with Gasteiger partial charge in [0.05, 0.1) is 4.92 Å². The highest BCUT2D eigenvalue weighted by molar-refractivity contribution is 5.59. The molecule has 0 amide bonds. The fourth-order valence-corrected chi connectivity index (χ4v) is 2.25. The fourth-order valence-electron chi connectivity index (χ4n) is 2.25. The molecule has 1 saturated carbocycles. The van der Waals surface area contributed by atoms with Gasteiger partial charge < -0.3 is 11.1 Å². The summed E-state index contributed by atoms with van der Waals surface area (Å²) in [7, 11) is 0. The summed E-state index contributed by atoms with van der Waals surface area (Å²) in [4.78, 5) is 14.4. The molecule has 1 heterocycles. The van der Waals surface area contributed by atoms with Crippen molar-refractivity contribution in [1.82, 2.24) is 4.98 Å². The van der Waals surface area contributed by atoms with Crippen LogP contribution in [0.2, 0.25) is 0 Å². The molecule has 0 aromatic carbocycles. The molecule has 17 heavy (non-hydrogen) atoms. The van der Waals surface area contributed by atoms with Crippen LogP contribution in [-0.2, 0) is 0 Å². The molecule has 1 aliphatic rings. The van der Waals surface area contributed by atoms with E-state index in [0.29, 0.717) is 11.7 Å². The topological polar surface area (TPSA) is 94.1 Å². The third-order valence-electron chi connectivity index (χ3n) is 3.13. The zero-order valence-corrected chi connectivity index (χ0v) is 9.72. The van der Waals surface area contributed by atoms with Crippen LogP contribution in [0.1, 0.15) is 26.2 Å². The van der Waals surface area contributed by atoms with Crippen molar-refractivity contribution in [2.75, 3.05) is 11.1 Å². The lowest BCUT2D eigenvalue weighted by Crippen LogP contribution is -2.17. The lowest BCUT2D eigenvalue weighted by molar-refractivity contribution is -0.384. The molecular weight excluding hydrogens is 220 g/mol. The van der Waals surface area contributed by atoms with Crippen molar-refractivity contribution in [3.63, 3.8) is 0 Å². The van der Waals surface area contributed by atoms with E-state index in [4.69, 9.17) is 5.73 Å². The number of hydrogen-bond acceptors (Lipinski definition) is 5. The van der Waals surface area contributed by atoms with E-state index in [1.165, 1.54) is 12.1 Å². The van der Waals surface area contributed by atoms with Gasteiger partial charge >= 0.3 is 5.69 Å². The molecule has 0 radical (unpaired) electrons. The van der Waals surface area contributed by atoms with Crippen LogP contribution in [0.15, 0.2) is 12.1 Å². The van der Waals surface area contributed by atoms with Crippen molar-refractivity contribution in [3.8, 4) is 0 Å². The SMILES string of the molecule is CC1CCC(Nc2nc(N)ccc2[N+](=O)[O-])C1. The molecule has 0 aliphatic heterocycles. The van der Waals surface area contributed by atoms with Gasteiger partial charge in [-0.05, 0) is 31.2 Å². The summed E-state index contributed by atoms with van der Waals surface area (Å²) in [5.41, 5.74) is 5.54. The summed E-state index contributed by atoms with van der Waals surface area (Å²) in [5, 5.41) is 14.0. The Morgan fingerprint density at radius 3 is 2.88 bits per heavy atom. The second-order valence-electron chi connectivity index (χ2n) is 4.62. The van der Waals surface area contributed by atoms with E-state index >= 15 is 0 Å². The molecule has 6 heteroatoms. The van der Waals surface area contributed by atoms with Gasteiger partial charge in [0.25, 0.3) is 0 Å². The van der Waals surface area contributed by atoms with Gasteiger partial charge in [0, 0.05) is 12.1 Å². The van der Waals surface area contributed by atoms with Crippen LogP contribution in [-0.4, -0.2) is 15.9 Å². The summed E-state index contributed by atoms with van der Waals surface area (Å²) in [6.45, 7) is 2.18. The molecule has 0 saturated heterocycles. The summed E-state index contributed by atoms with van der Waals surface area (Å²) in [5.74, 6) is 1.24. The van der Waals surface area contributed by atoms with Crippen molar-refractivity contribution in [3.05, 3.63) is 22.2 Å². The molecule has 1 aromatic rings. The van der Waals surface area contributed by atoms with E-state index < -0.39 is 4.92 Å². The number of nitro groups is 1. The molecule has 2 atom stereocenters. The molecule has 1 aromatic heterocycles. The van der Waals surface area contributed by atoms with Crippen molar-refractivity contribution >= 4 is 17.3 Å². The molecule has 1 aliphatic carbocycles. The van der Waals surface area contributed by atoms with Crippen molar-refractivity contribution in [2.24, 2.45) is 5.92 Å². The van der Waals surface area contributed by atoms with E-state index in [-0.39, 0.29) is 17.5 Å². The predicted octanol–water partition coefficient (Wildman–Crippen LogP) is 2.17. The highest BCUT2D eigenvalue weighted by Crippen LogP contribution is 2.30. The second kappa shape index (κ2) is 4.57. The van der Waals surface area contributed by atoms with Crippen LogP contribution in [0.4, 0.5) is 17.3 Å². The Morgan fingerprint density at radius 1 is 1.53 bits per heavy atom. The largest absolute Gasteiger partial charge is 0.384 e. The number of nitrogens with two attached hydrogens (primary N) is 1. The first-order valence-electron chi connectivity index (χ1n) is 5.73. The van der Waals surface area contributed by atoms with E-state index in [0.717, 1.165) is 19.3 Å². The number of anilines is 2. The predicted molar refractivity (Wildman–Crippen MR) is 65.7 cm³/mol. The number of nitrogens with one attached hydrogen (secondary N) is 1. The summed E-state index contributed by atoms with van der Waals surface area (Å²) >= 11 is 0. The van der Waals surface area contributed by atoms with Gasteiger partial charge in [-0.15, -0.1) is 0 Å². The van der Waals surface area contributed by atoms with Gasteiger partial charge in [-0.1, -0.05) is 6.92 Å². The lowest BCUT2D eigenvalue weighted by Gasteiger charge is -2.13. The van der Waals surface area contributed by atoms with Crippen LogP contribution in [0.25, 0.3) is 0 Å². The third kappa shape index (κ3) is 2.64. The Hall–Kier alpha value is -1.85. The Labute approximate surface area is 99.4 Å². The number of nitrogen functional groups attached to an aromatic ring is 1. The average molecular weight is 236 g/mol. The molecule has 6 nitrogen and oxygen atoms in total. The summed E-state index contributed by atoms with van der Waals surface area (Å²) < 4.78 is 0. The monoisotopic (exact) mass is 236 g/mol. The fraction of sp³-hybridized carbons (Fsp3) is 0.545. The van der Waals surface area contributed by atoms with E-state index in [9.17, 15) is 10.1 Å². The van der Waals surface area contributed by atoms with Crippen molar-refractivity contribution < 1.29 is 4.92 Å².